The molecule has 0 radical (unpaired) electrons. The van der Waals surface area contributed by atoms with Crippen molar-refractivity contribution in [2.24, 2.45) is 0 Å². The standard InChI is InChI=1S/C14H8F3NO4/c15-14(16,17)22-11-3-1-2-10(7-11)12-5-4-9(8-19)6-13(12)18(20)21/h1-8H. The van der Waals surface area contributed by atoms with Gasteiger partial charge in [0.1, 0.15) is 12.0 Å². The van der Waals surface area contributed by atoms with Gasteiger partial charge in [-0.25, -0.2) is 0 Å². The molecule has 0 aliphatic heterocycles. The van der Waals surface area contributed by atoms with Crippen molar-refractivity contribution in [1.82, 2.24) is 0 Å². The van der Waals surface area contributed by atoms with Crippen molar-refractivity contribution in [1.29, 1.82) is 0 Å². The first kappa shape index (κ1) is 15.5. The molecule has 0 amide bonds. The lowest BCUT2D eigenvalue weighted by molar-refractivity contribution is -0.384. The van der Waals surface area contributed by atoms with Gasteiger partial charge in [0.15, 0.2) is 0 Å². The van der Waals surface area contributed by atoms with Crippen molar-refractivity contribution in [3.05, 3.63) is 58.1 Å². The molecule has 8 heteroatoms. The van der Waals surface area contributed by atoms with Crippen LogP contribution in [-0.2, 0) is 0 Å². The van der Waals surface area contributed by atoms with E-state index in [9.17, 15) is 28.1 Å². The largest absolute Gasteiger partial charge is 0.573 e. The van der Waals surface area contributed by atoms with E-state index in [1.807, 2.05) is 0 Å². The highest BCUT2D eigenvalue weighted by Gasteiger charge is 2.31. The van der Waals surface area contributed by atoms with Crippen LogP contribution in [0.15, 0.2) is 42.5 Å². The van der Waals surface area contributed by atoms with Crippen LogP contribution in [0.4, 0.5) is 18.9 Å². The van der Waals surface area contributed by atoms with Crippen LogP contribution < -0.4 is 4.74 Å². The minimum atomic E-state index is -4.86. The molecule has 2 rings (SSSR count). The molecule has 0 saturated heterocycles. The second-order valence-electron chi connectivity index (χ2n) is 4.23. The summed E-state index contributed by atoms with van der Waals surface area (Å²) >= 11 is 0. The van der Waals surface area contributed by atoms with Crippen molar-refractivity contribution in [3.63, 3.8) is 0 Å². The van der Waals surface area contributed by atoms with E-state index in [-0.39, 0.29) is 22.4 Å². The Morgan fingerprint density at radius 1 is 1.14 bits per heavy atom. The van der Waals surface area contributed by atoms with Gasteiger partial charge in [-0.15, -0.1) is 13.2 Å². The van der Waals surface area contributed by atoms with Crippen LogP contribution in [0, 0.1) is 10.1 Å². The fourth-order valence-electron chi connectivity index (χ4n) is 1.88. The number of alkyl halides is 3. The second kappa shape index (κ2) is 5.84. The fraction of sp³-hybridized carbons (Fsp3) is 0.0714. The molecule has 0 unspecified atom stereocenters. The zero-order valence-corrected chi connectivity index (χ0v) is 10.8. The Balaban J connectivity index is 2.50. The Labute approximate surface area is 122 Å². The molecule has 0 heterocycles. The normalized spacial score (nSPS) is 11.0. The van der Waals surface area contributed by atoms with Gasteiger partial charge in [-0.3, -0.25) is 14.9 Å². The summed E-state index contributed by atoms with van der Waals surface area (Å²) in [6.45, 7) is 0. The zero-order valence-electron chi connectivity index (χ0n) is 10.8. The molecule has 22 heavy (non-hydrogen) atoms. The summed E-state index contributed by atoms with van der Waals surface area (Å²) < 4.78 is 40.4. The van der Waals surface area contributed by atoms with Gasteiger partial charge in [0, 0.05) is 11.6 Å². The summed E-state index contributed by atoms with van der Waals surface area (Å²) in [5, 5.41) is 11.1. The van der Waals surface area contributed by atoms with E-state index in [0.29, 0.717) is 6.29 Å². The summed E-state index contributed by atoms with van der Waals surface area (Å²) in [6, 6.07) is 8.51. The van der Waals surface area contributed by atoms with E-state index >= 15 is 0 Å². The highest BCUT2D eigenvalue weighted by Crippen LogP contribution is 2.33. The lowest BCUT2D eigenvalue weighted by atomic mass is 10.0. The minimum absolute atomic E-state index is 0.0863. The molecular formula is C14H8F3NO4. The average molecular weight is 311 g/mol. The van der Waals surface area contributed by atoms with Crippen molar-refractivity contribution in [2.75, 3.05) is 0 Å². The van der Waals surface area contributed by atoms with Crippen LogP contribution in [0.1, 0.15) is 10.4 Å². The van der Waals surface area contributed by atoms with Crippen LogP contribution in [-0.4, -0.2) is 17.6 Å². The van der Waals surface area contributed by atoms with Gasteiger partial charge < -0.3 is 4.74 Å². The van der Waals surface area contributed by atoms with Gasteiger partial charge in [-0.2, -0.15) is 0 Å². The Bertz CT molecular complexity index is 728. The number of nitro benzene ring substituents is 1. The molecule has 0 aromatic heterocycles. The Hall–Kier alpha value is -2.90. The summed E-state index contributed by atoms with van der Waals surface area (Å²) in [5.41, 5.74) is -0.0268. The van der Waals surface area contributed by atoms with E-state index in [1.165, 1.54) is 24.3 Å². The molecule has 114 valence electrons. The molecule has 0 aliphatic carbocycles. The van der Waals surface area contributed by atoms with Crippen molar-refractivity contribution < 1.29 is 27.6 Å². The average Bonchev–Trinajstić information content (AvgIpc) is 2.45. The topological polar surface area (TPSA) is 69.4 Å². The molecule has 2 aromatic rings. The maximum absolute atomic E-state index is 12.2. The van der Waals surface area contributed by atoms with Gasteiger partial charge in [0.2, 0.25) is 0 Å². The van der Waals surface area contributed by atoms with Crippen molar-refractivity contribution in [2.45, 2.75) is 6.36 Å². The third kappa shape index (κ3) is 3.60. The SMILES string of the molecule is O=Cc1ccc(-c2cccc(OC(F)(F)F)c2)c([N+](=O)[O-])c1. The van der Waals surface area contributed by atoms with Gasteiger partial charge in [0.25, 0.3) is 5.69 Å². The van der Waals surface area contributed by atoms with Gasteiger partial charge in [0.05, 0.1) is 10.5 Å². The highest BCUT2D eigenvalue weighted by atomic mass is 19.4. The van der Waals surface area contributed by atoms with Crippen LogP contribution in [0.3, 0.4) is 0 Å². The third-order valence-electron chi connectivity index (χ3n) is 2.73. The molecule has 0 spiro atoms. The number of nitrogens with zero attached hydrogens (tertiary/aromatic N) is 1. The quantitative estimate of drug-likeness (QED) is 0.486. The number of rotatable bonds is 4. The molecule has 0 fully saturated rings. The third-order valence-corrected chi connectivity index (χ3v) is 2.73. The maximum Gasteiger partial charge on any atom is 0.573 e. The highest BCUT2D eigenvalue weighted by molar-refractivity contribution is 5.82. The van der Waals surface area contributed by atoms with Crippen molar-refractivity contribution >= 4 is 12.0 Å². The van der Waals surface area contributed by atoms with E-state index in [4.69, 9.17) is 0 Å². The predicted molar refractivity (Wildman–Crippen MR) is 70.6 cm³/mol. The molecule has 2 aromatic carbocycles. The maximum atomic E-state index is 12.2. The molecule has 0 atom stereocenters. The minimum Gasteiger partial charge on any atom is -0.406 e. The molecule has 5 nitrogen and oxygen atoms in total. The Morgan fingerprint density at radius 3 is 2.45 bits per heavy atom. The number of hydrogen-bond acceptors (Lipinski definition) is 4. The zero-order chi connectivity index (χ0) is 16.3. The molecule has 0 N–H and O–H groups in total. The monoisotopic (exact) mass is 311 g/mol. The summed E-state index contributed by atoms with van der Waals surface area (Å²) in [4.78, 5) is 21.0. The van der Waals surface area contributed by atoms with E-state index in [0.717, 1.165) is 18.2 Å². The van der Waals surface area contributed by atoms with E-state index < -0.39 is 17.0 Å². The van der Waals surface area contributed by atoms with Crippen LogP contribution >= 0.6 is 0 Å². The number of hydrogen-bond donors (Lipinski definition) is 0. The molecule has 0 aliphatic rings. The van der Waals surface area contributed by atoms with Gasteiger partial charge >= 0.3 is 6.36 Å². The first-order valence-corrected chi connectivity index (χ1v) is 5.90. The lowest BCUT2D eigenvalue weighted by Crippen LogP contribution is -2.17. The number of nitro groups is 1. The van der Waals surface area contributed by atoms with Crippen LogP contribution in [0.5, 0.6) is 5.75 Å². The summed E-state index contributed by atoms with van der Waals surface area (Å²) in [6.07, 6.45) is -4.41. The van der Waals surface area contributed by atoms with Gasteiger partial charge in [-0.05, 0) is 23.8 Å². The Morgan fingerprint density at radius 2 is 1.86 bits per heavy atom. The number of halogens is 3. The predicted octanol–water partition coefficient (Wildman–Crippen LogP) is 3.97. The van der Waals surface area contributed by atoms with Crippen molar-refractivity contribution in [3.8, 4) is 16.9 Å². The smallest absolute Gasteiger partial charge is 0.406 e. The summed E-state index contributed by atoms with van der Waals surface area (Å²) in [7, 11) is 0. The number of carbonyl (C=O) groups is 1. The first-order chi connectivity index (χ1) is 10.3. The summed E-state index contributed by atoms with van der Waals surface area (Å²) in [5.74, 6) is -0.487. The number of benzene rings is 2. The fourth-order valence-corrected chi connectivity index (χ4v) is 1.88. The molecular weight excluding hydrogens is 303 g/mol. The van der Waals surface area contributed by atoms with Gasteiger partial charge in [-0.1, -0.05) is 18.2 Å². The molecule has 0 bridgehead atoms. The first-order valence-electron chi connectivity index (χ1n) is 5.90. The van der Waals surface area contributed by atoms with Crippen LogP contribution in [0.25, 0.3) is 11.1 Å². The number of carbonyl (C=O) groups excluding carboxylic acids is 1. The Kier molecular flexibility index (Phi) is 4.11. The number of ether oxygens (including phenoxy) is 1. The van der Waals surface area contributed by atoms with E-state index in [2.05, 4.69) is 4.74 Å². The number of aldehydes is 1. The van der Waals surface area contributed by atoms with E-state index in [1.54, 1.807) is 0 Å². The van der Waals surface area contributed by atoms with Crippen LogP contribution in [0.2, 0.25) is 0 Å². The second-order valence-corrected chi connectivity index (χ2v) is 4.23. The molecule has 0 saturated carbocycles. The lowest BCUT2D eigenvalue weighted by Gasteiger charge is -2.10.